The topological polar surface area (TPSA) is 29.3 Å². The summed E-state index contributed by atoms with van der Waals surface area (Å²) in [6.45, 7) is 2.12. The molecule has 3 heteroatoms. The van der Waals surface area contributed by atoms with Crippen molar-refractivity contribution in [2.75, 3.05) is 12.3 Å². The number of rotatable bonds is 2. The van der Waals surface area contributed by atoms with E-state index in [1.807, 2.05) is 18.2 Å². The summed E-state index contributed by atoms with van der Waals surface area (Å²) in [6, 6.07) is 6.60. The highest BCUT2D eigenvalue weighted by atomic mass is 35.5. The third-order valence-corrected chi connectivity index (χ3v) is 4.98. The first kappa shape index (κ1) is 12.3. The van der Waals surface area contributed by atoms with E-state index in [2.05, 4.69) is 4.90 Å². The van der Waals surface area contributed by atoms with E-state index in [1.165, 1.54) is 38.6 Å². The molecule has 0 radical (unpaired) electrons. The first-order chi connectivity index (χ1) is 8.75. The fraction of sp³-hybridized carbons (Fsp3) is 0.600. The molecular weight excluding hydrogens is 244 g/mol. The molecule has 18 heavy (non-hydrogen) atoms. The van der Waals surface area contributed by atoms with Gasteiger partial charge in [-0.3, -0.25) is 4.90 Å². The van der Waals surface area contributed by atoms with Crippen LogP contribution in [-0.4, -0.2) is 17.5 Å². The van der Waals surface area contributed by atoms with E-state index in [1.54, 1.807) is 0 Å². The van der Waals surface area contributed by atoms with Crippen molar-refractivity contribution in [1.29, 1.82) is 0 Å². The zero-order valence-electron chi connectivity index (χ0n) is 10.7. The Hall–Kier alpha value is -0.730. The number of hydrogen-bond acceptors (Lipinski definition) is 2. The maximum Gasteiger partial charge on any atom is 0.0471 e. The summed E-state index contributed by atoms with van der Waals surface area (Å²) in [5.74, 6) is 0.919. The lowest BCUT2D eigenvalue weighted by atomic mass is 9.91. The summed E-state index contributed by atoms with van der Waals surface area (Å²) in [5.41, 5.74) is 8.02. The number of nitrogens with zero attached hydrogens (tertiary/aromatic N) is 1. The maximum atomic E-state index is 6.28. The Morgan fingerprint density at radius 1 is 1.22 bits per heavy atom. The molecule has 2 nitrogen and oxygen atoms in total. The number of nitrogen functional groups attached to an aromatic ring is 1. The number of halogens is 1. The Kier molecular flexibility index (Phi) is 3.49. The van der Waals surface area contributed by atoms with Crippen molar-refractivity contribution in [2.45, 2.75) is 44.7 Å². The smallest absolute Gasteiger partial charge is 0.0471 e. The van der Waals surface area contributed by atoms with Gasteiger partial charge >= 0.3 is 0 Å². The van der Waals surface area contributed by atoms with Gasteiger partial charge in [-0.15, -0.1) is 0 Å². The van der Waals surface area contributed by atoms with Crippen LogP contribution in [0, 0.1) is 5.92 Å². The van der Waals surface area contributed by atoms with Crippen LogP contribution in [0.1, 0.15) is 37.7 Å². The van der Waals surface area contributed by atoms with Gasteiger partial charge in [0.25, 0.3) is 0 Å². The Bertz CT molecular complexity index is 412. The third kappa shape index (κ3) is 2.24. The first-order valence-corrected chi connectivity index (χ1v) is 7.40. The van der Waals surface area contributed by atoms with Crippen LogP contribution in [0.25, 0.3) is 0 Å². The van der Waals surface area contributed by atoms with Crippen molar-refractivity contribution in [3.8, 4) is 0 Å². The van der Waals surface area contributed by atoms with Gasteiger partial charge in [-0.2, -0.15) is 0 Å². The van der Waals surface area contributed by atoms with Gasteiger partial charge in [0.1, 0.15) is 0 Å². The van der Waals surface area contributed by atoms with Crippen molar-refractivity contribution >= 4 is 17.3 Å². The molecule has 1 saturated carbocycles. The van der Waals surface area contributed by atoms with Crippen LogP contribution in [-0.2, 0) is 6.54 Å². The fourth-order valence-corrected chi connectivity index (χ4v) is 3.94. The van der Waals surface area contributed by atoms with E-state index in [4.69, 9.17) is 17.3 Å². The average Bonchev–Trinajstić information content (AvgIpc) is 2.83. The molecule has 2 unspecified atom stereocenters. The number of hydrogen-bond donors (Lipinski definition) is 1. The lowest BCUT2D eigenvalue weighted by Gasteiger charge is -2.38. The van der Waals surface area contributed by atoms with Gasteiger partial charge in [-0.1, -0.05) is 24.1 Å². The Labute approximate surface area is 114 Å². The summed E-state index contributed by atoms with van der Waals surface area (Å²) in [5, 5.41) is 0.815. The number of piperidine rings is 1. The molecule has 1 aliphatic heterocycles. The van der Waals surface area contributed by atoms with E-state index in [9.17, 15) is 0 Å². The molecule has 2 N–H and O–H groups in total. The summed E-state index contributed by atoms with van der Waals surface area (Å²) >= 11 is 6.28. The second-order valence-electron chi connectivity index (χ2n) is 5.68. The monoisotopic (exact) mass is 264 g/mol. The minimum absolute atomic E-state index is 0.773. The van der Waals surface area contributed by atoms with E-state index in [0.29, 0.717) is 0 Å². The average molecular weight is 265 g/mol. The maximum absolute atomic E-state index is 6.28. The molecule has 98 valence electrons. The summed E-state index contributed by atoms with van der Waals surface area (Å²) < 4.78 is 0. The zero-order chi connectivity index (χ0) is 12.5. The van der Waals surface area contributed by atoms with Crippen molar-refractivity contribution in [3.05, 3.63) is 28.8 Å². The molecule has 1 heterocycles. The highest BCUT2D eigenvalue weighted by Gasteiger charge is 2.35. The molecular formula is C15H21ClN2. The van der Waals surface area contributed by atoms with Gasteiger partial charge in [0.05, 0.1) is 0 Å². The molecule has 0 amide bonds. The molecule has 1 saturated heterocycles. The van der Waals surface area contributed by atoms with Crippen LogP contribution in [0.5, 0.6) is 0 Å². The molecule has 1 aliphatic carbocycles. The second kappa shape index (κ2) is 5.10. The van der Waals surface area contributed by atoms with E-state index in [0.717, 1.165) is 34.8 Å². The highest BCUT2D eigenvalue weighted by molar-refractivity contribution is 6.31. The largest absolute Gasteiger partial charge is 0.398 e. The van der Waals surface area contributed by atoms with Gasteiger partial charge in [-0.05, 0) is 50.3 Å². The van der Waals surface area contributed by atoms with Gasteiger partial charge in [0.2, 0.25) is 0 Å². The number of anilines is 1. The number of nitrogens with two attached hydrogens (primary N) is 1. The van der Waals surface area contributed by atoms with Crippen LogP contribution in [0.15, 0.2) is 18.2 Å². The van der Waals surface area contributed by atoms with Crippen molar-refractivity contribution in [3.63, 3.8) is 0 Å². The van der Waals surface area contributed by atoms with E-state index in [-0.39, 0.29) is 0 Å². The number of benzene rings is 1. The number of fused-ring (bicyclic) bond motifs is 1. The van der Waals surface area contributed by atoms with Gasteiger partial charge in [0, 0.05) is 28.9 Å². The molecule has 3 rings (SSSR count). The lowest BCUT2D eigenvalue weighted by Crippen LogP contribution is -2.42. The Balaban J connectivity index is 1.79. The van der Waals surface area contributed by atoms with Crippen molar-refractivity contribution in [2.24, 2.45) is 5.92 Å². The van der Waals surface area contributed by atoms with Gasteiger partial charge in [0.15, 0.2) is 0 Å². The zero-order valence-corrected chi connectivity index (χ0v) is 11.5. The van der Waals surface area contributed by atoms with Crippen molar-refractivity contribution < 1.29 is 0 Å². The third-order valence-electron chi connectivity index (χ3n) is 4.62. The van der Waals surface area contributed by atoms with Gasteiger partial charge in [-0.25, -0.2) is 0 Å². The normalized spacial score (nSPS) is 28.3. The SMILES string of the molecule is Nc1cccc(Cl)c1CN1CCCC2CCCC21. The number of likely N-dealkylation sites (tertiary alicyclic amines) is 1. The first-order valence-electron chi connectivity index (χ1n) is 7.02. The molecule has 0 aromatic heterocycles. The standard InChI is InChI=1S/C15H21ClN2/c16-13-6-2-7-14(17)12(13)10-18-9-3-5-11-4-1-8-15(11)18/h2,6-7,11,15H,1,3-5,8-10,17H2. The van der Waals surface area contributed by atoms with E-state index < -0.39 is 0 Å². The van der Waals surface area contributed by atoms with Crippen LogP contribution in [0.3, 0.4) is 0 Å². The van der Waals surface area contributed by atoms with Crippen molar-refractivity contribution in [1.82, 2.24) is 4.90 Å². The molecule has 2 atom stereocenters. The minimum Gasteiger partial charge on any atom is -0.398 e. The quantitative estimate of drug-likeness (QED) is 0.826. The summed E-state index contributed by atoms with van der Waals surface area (Å²) in [7, 11) is 0. The second-order valence-corrected chi connectivity index (χ2v) is 6.09. The van der Waals surface area contributed by atoms with Crippen LogP contribution >= 0.6 is 11.6 Å². The molecule has 2 aliphatic rings. The van der Waals surface area contributed by atoms with Crippen LogP contribution < -0.4 is 5.73 Å². The lowest BCUT2D eigenvalue weighted by molar-refractivity contribution is 0.106. The molecule has 1 aromatic rings. The van der Waals surface area contributed by atoms with Crippen LogP contribution in [0.2, 0.25) is 5.02 Å². The van der Waals surface area contributed by atoms with Gasteiger partial charge < -0.3 is 5.73 Å². The fourth-order valence-electron chi connectivity index (χ4n) is 3.70. The van der Waals surface area contributed by atoms with Crippen LogP contribution in [0.4, 0.5) is 5.69 Å². The molecule has 2 fully saturated rings. The predicted octanol–water partition coefficient (Wildman–Crippen LogP) is 3.69. The predicted molar refractivity (Wildman–Crippen MR) is 76.6 cm³/mol. The highest BCUT2D eigenvalue weighted by Crippen LogP contribution is 2.38. The Morgan fingerprint density at radius 3 is 2.89 bits per heavy atom. The van der Waals surface area contributed by atoms with E-state index >= 15 is 0 Å². The Morgan fingerprint density at radius 2 is 2.06 bits per heavy atom. The summed E-state index contributed by atoms with van der Waals surface area (Å²) in [6.07, 6.45) is 6.91. The molecule has 1 aromatic carbocycles. The summed E-state index contributed by atoms with van der Waals surface area (Å²) in [4.78, 5) is 2.61. The molecule has 0 bridgehead atoms. The molecule has 0 spiro atoms. The minimum atomic E-state index is 0.773.